The fourth-order valence-electron chi connectivity index (χ4n) is 3.07. The van der Waals surface area contributed by atoms with Gasteiger partial charge in [0, 0.05) is 24.6 Å². The second-order valence-corrected chi connectivity index (χ2v) is 5.72. The summed E-state index contributed by atoms with van der Waals surface area (Å²) >= 11 is 0. The monoisotopic (exact) mass is 227 g/mol. The van der Waals surface area contributed by atoms with Crippen molar-refractivity contribution >= 4 is 0 Å². The third-order valence-corrected chi connectivity index (χ3v) is 4.07. The number of hydrogen-bond donors (Lipinski definition) is 1. The Kier molecular flexibility index (Phi) is 5.77. The summed E-state index contributed by atoms with van der Waals surface area (Å²) in [6.45, 7) is 9.21. The van der Waals surface area contributed by atoms with Crippen LogP contribution in [0, 0.1) is 5.41 Å². The number of hydrogen-bond acceptors (Lipinski definition) is 2. The molecule has 96 valence electrons. The average Bonchev–Trinajstić information content (AvgIpc) is 2.80. The average molecular weight is 227 g/mol. The molecule has 0 aromatic rings. The van der Waals surface area contributed by atoms with Crippen LogP contribution >= 0.6 is 0 Å². The van der Waals surface area contributed by atoms with Crippen molar-refractivity contribution in [3.8, 4) is 0 Å². The third kappa shape index (κ3) is 3.74. The Morgan fingerprint density at radius 1 is 1.25 bits per heavy atom. The van der Waals surface area contributed by atoms with Gasteiger partial charge in [-0.25, -0.2) is 0 Å². The van der Waals surface area contributed by atoms with Crippen LogP contribution in [0.3, 0.4) is 0 Å². The molecule has 2 heteroatoms. The van der Waals surface area contributed by atoms with E-state index in [0.29, 0.717) is 6.61 Å². The Hall–Kier alpha value is -0.0800. The highest BCUT2D eigenvalue weighted by Gasteiger charge is 2.29. The van der Waals surface area contributed by atoms with Gasteiger partial charge in [-0.1, -0.05) is 40.0 Å². The van der Waals surface area contributed by atoms with E-state index in [1.807, 2.05) is 0 Å². The maximum Gasteiger partial charge on any atom is 0.0497 e. The quantitative estimate of drug-likeness (QED) is 0.722. The van der Waals surface area contributed by atoms with Gasteiger partial charge in [0.15, 0.2) is 0 Å². The zero-order chi connectivity index (χ0) is 12.0. The van der Waals surface area contributed by atoms with Crippen molar-refractivity contribution in [2.24, 2.45) is 5.41 Å². The van der Waals surface area contributed by atoms with Crippen LogP contribution in [0.1, 0.15) is 59.3 Å². The minimum atomic E-state index is 0.105. The van der Waals surface area contributed by atoms with Gasteiger partial charge in [0.1, 0.15) is 0 Å². The lowest BCUT2D eigenvalue weighted by molar-refractivity contribution is 0.0628. The van der Waals surface area contributed by atoms with E-state index in [1.165, 1.54) is 32.1 Å². The Balaban J connectivity index is 2.52. The summed E-state index contributed by atoms with van der Waals surface area (Å²) in [5.41, 5.74) is 0.105. The normalized spacial score (nSPS) is 21.6. The largest absolute Gasteiger partial charge is 0.396 e. The molecular weight excluding hydrogens is 198 g/mol. The molecule has 0 aromatic heterocycles. The van der Waals surface area contributed by atoms with Gasteiger partial charge < -0.3 is 10.0 Å². The second kappa shape index (κ2) is 6.61. The molecule has 1 N–H and O–H groups in total. The topological polar surface area (TPSA) is 23.5 Å². The van der Waals surface area contributed by atoms with Crippen LogP contribution in [-0.4, -0.2) is 35.7 Å². The molecule has 0 aromatic carbocycles. The zero-order valence-electron chi connectivity index (χ0n) is 11.3. The molecule has 1 aliphatic rings. The predicted octanol–water partition coefficient (Wildman–Crippen LogP) is 3.05. The Morgan fingerprint density at radius 3 is 2.31 bits per heavy atom. The maximum absolute atomic E-state index is 9.58. The molecule has 1 fully saturated rings. The van der Waals surface area contributed by atoms with Crippen LogP contribution in [0.15, 0.2) is 0 Å². The molecule has 0 aliphatic heterocycles. The highest BCUT2D eigenvalue weighted by Crippen LogP contribution is 2.29. The van der Waals surface area contributed by atoms with Crippen LogP contribution in [0.25, 0.3) is 0 Å². The Bertz CT molecular complexity index is 189. The number of rotatable bonds is 7. The first kappa shape index (κ1) is 14.0. The van der Waals surface area contributed by atoms with E-state index in [2.05, 4.69) is 25.7 Å². The lowest BCUT2D eigenvalue weighted by Crippen LogP contribution is -2.43. The summed E-state index contributed by atoms with van der Waals surface area (Å²) in [7, 11) is 0. The summed E-state index contributed by atoms with van der Waals surface area (Å²) < 4.78 is 0. The molecule has 0 bridgehead atoms. The van der Waals surface area contributed by atoms with E-state index in [0.717, 1.165) is 25.6 Å². The molecule has 2 nitrogen and oxygen atoms in total. The van der Waals surface area contributed by atoms with E-state index in [1.54, 1.807) is 0 Å². The first-order valence-electron chi connectivity index (χ1n) is 7.00. The fraction of sp³-hybridized carbons (Fsp3) is 1.00. The van der Waals surface area contributed by atoms with Gasteiger partial charge in [0.05, 0.1) is 0 Å². The molecule has 1 atom stereocenters. The molecule has 0 heterocycles. The molecule has 0 radical (unpaired) electrons. The van der Waals surface area contributed by atoms with Gasteiger partial charge in [0.2, 0.25) is 0 Å². The van der Waals surface area contributed by atoms with E-state index < -0.39 is 0 Å². The van der Waals surface area contributed by atoms with Gasteiger partial charge in [-0.3, -0.25) is 0 Å². The summed E-state index contributed by atoms with van der Waals surface area (Å²) in [6.07, 6.45) is 7.81. The standard InChI is InChI=1S/C14H29NO/c1-4-10-14(3,12-16)11-15(5-2)13-8-6-7-9-13/h13,16H,4-12H2,1-3H3. The third-order valence-electron chi connectivity index (χ3n) is 4.07. The van der Waals surface area contributed by atoms with Crippen molar-refractivity contribution in [2.45, 2.75) is 65.3 Å². The minimum absolute atomic E-state index is 0.105. The lowest BCUT2D eigenvalue weighted by atomic mass is 9.85. The molecule has 0 saturated heterocycles. The van der Waals surface area contributed by atoms with E-state index in [4.69, 9.17) is 0 Å². The summed E-state index contributed by atoms with van der Waals surface area (Å²) in [5.74, 6) is 0. The summed E-state index contributed by atoms with van der Waals surface area (Å²) in [4.78, 5) is 2.60. The van der Waals surface area contributed by atoms with E-state index in [-0.39, 0.29) is 5.41 Å². The highest BCUT2D eigenvalue weighted by atomic mass is 16.3. The predicted molar refractivity (Wildman–Crippen MR) is 69.6 cm³/mol. The van der Waals surface area contributed by atoms with Crippen molar-refractivity contribution in [1.29, 1.82) is 0 Å². The van der Waals surface area contributed by atoms with Gasteiger partial charge >= 0.3 is 0 Å². The number of aliphatic hydroxyl groups excluding tert-OH is 1. The Morgan fingerprint density at radius 2 is 1.88 bits per heavy atom. The lowest BCUT2D eigenvalue weighted by Gasteiger charge is -2.37. The molecule has 16 heavy (non-hydrogen) atoms. The van der Waals surface area contributed by atoms with Crippen LogP contribution in [0.2, 0.25) is 0 Å². The highest BCUT2D eigenvalue weighted by molar-refractivity contribution is 4.83. The maximum atomic E-state index is 9.58. The molecule has 1 rings (SSSR count). The Labute approximate surface area is 101 Å². The van der Waals surface area contributed by atoms with Crippen LogP contribution < -0.4 is 0 Å². The molecule has 0 spiro atoms. The van der Waals surface area contributed by atoms with Crippen LogP contribution in [-0.2, 0) is 0 Å². The SMILES string of the molecule is CCCC(C)(CO)CN(CC)C1CCCC1. The fourth-order valence-corrected chi connectivity index (χ4v) is 3.07. The molecule has 1 saturated carbocycles. The van der Waals surface area contributed by atoms with Gasteiger partial charge in [-0.2, -0.15) is 0 Å². The van der Waals surface area contributed by atoms with Crippen molar-refractivity contribution in [3.05, 3.63) is 0 Å². The zero-order valence-corrected chi connectivity index (χ0v) is 11.3. The van der Waals surface area contributed by atoms with E-state index >= 15 is 0 Å². The second-order valence-electron chi connectivity index (χ2n) is 5.72. The van der Waals surface area contributed by atoms with Gasteiger partial charge in [-0.15, -0.1) is 0 Å². The smallest absolute Gasteiger partial charge is 0.0497 e. The van der Waals surface area contributed by atoms with Crippen molar-refractivity contribution in [1.82, 2.24) is 4.90 Å². The number of nitrogens with zero attached hydrogens (tertiary/aromatic N) is 1. The molecular formula is C14H29NO. The minimum Gasteiger partial charge on any atom is -0.396 e. The first-order valence-corrected chi connectivity index (χ1v) is 7.00. The van der Waals surface area contributed by atoms with Crippen molar-refractivity contribution in [3.63, 3.8) is 0 Å². The van der Waals surface area contributed by atoms with E-state index in [9.17, 15) is 5.11 Å². The molecule has 1 aliphatic carbocycles. The molecule has 0 amide bonds. The van der Waals surface area contributed by atoms with Crippen LogP contribution in [0.5, 0.6) is 0 Å². The van der Waals surface area contributed by atoms with Crippen molar-refractivity contribution in [2.75, 3.05) is 19.7 Å². The molecule has 1 unspecified atom stereocenters. The summed E-state index contributed by atoms with van der Waals surface area (Å²) in [5, 5.41) is 9.58. The van der Waals surface area contributed by atoms with Gasteiger partial charge in [0.25, 0.3) is 0 Å². The van der Waals surface area contributed by atoms with Gasteiger partial charge in [-0.05, 0) is 25.8 Å². The summed E-state index contributed by atoms with van der Waals surface area (Å²) in [6, 6.07) is 0.785. The first-order chi connectivity index (χ1) is 7.65. The number of aliphatic hydroxyl groups is 1. The van der Waals surface area contributed by atoms with Crippen LogP contribution in [0.4, 0.5) is 0 Å². The van der Waals surface area contributed by atoms with Crippen molar-refractivity contribution < 1.29 is 5.11 Å².